The van der Waals surface area contributed by atoms with Crippen LogP contribution in [0.25, 0.3) is 11.2 Å². The summed E-state index contributed by atoms with van der Waals surface area (Å²) in [6.45, 7) is 0.350. The number of aliphatic hydroxyl groups excluding tert-OH is 2. The van der Waals surface area contributed by atoms with E-state index in [1.807, 2.05) is 12.1 Å². The number of aliphatic hydroxyl groups is 2. The molecule has 5 atom stereocenters. The lowest BCUT2D eigenvalue weighted by Gasteiger charge is -2.23. The second-order valence-electron chi connectivity index (χ2n) is 9.94. The van der Waals surface area contributed by atoms with Gasteiger partial charge in [-0.3, -0.25) is 4.79 Å². The summed E-state index contributed by atoms with van der Waals surface area (Å²) in [6, 6.07) is 9.92. The standard InChI is InChI=1S/C28H23ClF2N6O3/c1-32-27(40)28-11-17(28)22(23(38)24(28)39)37-13-34-21-25(33-12-15-3-2-4-16(29)9-15)35-20(36-26(21)37)8-6-14-5-7-18(30)19(31)10-14/h2-5,7,9-10,13,17,22-24,38-39H,11-12H2,1H3,(H,32,40)(H,33,35,36)/t17-,22-,23+,24+,28-/m1/s1. The van der Waals surface area contributed by atoms with Gasteiger partial charge in [0.25, 0.3) is 0 Å². The minimum atomic E-state index is -1.25. The summed E-state index contributed by atoms with van der Waals surface area (Å²) < 4.78 is 28.7. The molecule has 1 amide bonds. The van der Waals surface area contributed by atoms with E-state index in [2.05, 4.69) is 37.4 Å². The van der Waals surface area contributed by atoms with Crippen LogP contribution in [0.3, 0.4) is 0 Å². The molecule has 0 aliphatic heterocycles. The number of halogens is 3. The molecule has 2 fully saturated rings. The number of nitrogens with zero attached hydrogens (tertiary/aromatic N) is 4. The highest BCUT2D eigenvalue weighted by atomic mass is 35.5. The van der Waals surface area contributed by atoms with Crippen LogP contribution in [0.5, 0.6) is 0 Å². The first kappa shape index (κ1) is 26.1. The SMILES string of the molecule is CNC(=O)[C@]12C[C@@H]1[C@@H](n1cnc3c(NCc4cccc(Cl)c4)nc(C#Cc4ccc(F)c(F)c4)nc31)[C@H](O)[C@@H]2O. The summed E-state index contributed by atoms with van der Waals surface area (Å²) in [5.74, 6) is 3.29. The number of fused-ring (bicyclic) bond motifs is 2. The van der Waals surface area contributed by atoms with Gasteiger partial charge in [-0.25, -0.2) is 23.7 Å². The van der Waals surface area contributed by atoms with Gasteiger partial charge in [0.1, 0.15) is 6.10 Å². The molecule has 4 N–H and O–H groups in total. The highest BCUT2D eigenvalue weighted by molar-refractivity contribution is 6.30. The van der Waals surface area contributed by atoms with Crippen molar-refractivity contribution in [2.75, 3.05) is 12.4 Å². The Morgan fingerprint density at radius 2 is 2.00 bits per heavy atom. The van der Waals surface area contributed by atoms with Gasteiger partial charge in [0.15, 0.2) is 28.6 Å². The normalized spacial score (nSPS) is 24.8. The summed E-state index contributed by atoms with van der Waals surface area (Å²) in [4.78, 5) is 26.2. The van der Waals surface area contributed by atoms with Crippen molar-refractivity contribution in [3.05, 3.63) is 82.4 Å². The summed E-state index contributed by atoms with van der Waals surface area (Å²) >= 11 is 6.12. The fourth-order valence-corrected chi connectivity index (χ4v) is 5.85. The Kier molecular flexibility index (Phi) is 6.41. The van der Waals surface area contributed by atoms with Gasteiger partial charge in [0.2, 0.25) is 11.7 Å². The van der Waals surface area contributed by atoms with Crippen molar-refractivity contribution >= 4 is 34.5 Å². The lowest BCUT2D eigenvalue weighted by Crippen LogP contribution is -2.41. The van der Waals surface area contributed by atoms with Gasteiger partial charge in [-0.1, -0.05) is 29.7 Å². The molecular weight excluding hydrogens is 542 g/mol. The number of benzene rings is 2. The van der Waals surface area contributed by atoms with Crippen LogP contribution in [0.4, 0.5) is 14.6 Å². The van der Waals surface area contributed by atoms with E-state index in [4.69, 9.17) is 11.6 Å². The average molecular weight is 565 g/mol. The number of anilines is 1. The third kappa shape index (κ3) is 4.25. The van der Waals surface area contributed by atoms with Gasteiger partial charge in [0.05, 0.1) is 23.9 Å². The molecular formula is C28H23ClF2N6O3. The third-order valence-electron chi connectivity index (χ3n) is 7.65. The van der Waals surface area contributed by atoms with Gasteiger partial charge in [-0.2, -0.15) is 0 Å². The minimum Gasteiger partial charge on any atom is -0.389 e. The van der Waals surface area contributed by atoms with Crippen LogP contribution in [-0.4, -0.2) is 54.9 Å². The fraction of sp³-hybridized carbons (Fsp3) is 0.286. The van der Waals surface area contributed by atoms with Crippen LogP contribution in [0, 0.1) is 34.8 Å². The zero-order valence-electron chi connectivity index (χ0n) is 21.1. The molecule has 2 aromatic carbocycles. The second kappa shape index (κ2) is 9.82. The maximum atomic E-state index is 13.7. The largest absolute Gasteiger partial charge is 0.389 e. The molecule has 0 bridgehead atoms. The van der Waals surface area contributed by atoms with Crippen molar-refractivity contribution in [3.63, 3.8) is 0 Å². The predicted molar refractivity (Wildman–Crippen MR) is 142 cm³/mol. The van der Waals surface area contributed by atoms with Crippen molar-refractivity contribution in [1.29, 1.82) is 0 Å². The third-order valence-corrected chi connectivity index (χ3v) is 7.89. The molecule has 2 aliphatic carbocycles. The quantitative estimate of drug-likeness (QED) is 0.275. The number of hydrogen-bond acceptors (Lipinski definition) is 7. The van der Waals surface area contributed by atoms with Crippen molar-refractivity contribution < 1.29 is 23.8 Å². The van der Waals surface area contributed by atoms with Crippen LogP contribution in [-0.2, 0) is 11.3 Å². The van der Waals surface area contributed by atoms with Crippen molar-refractivity contribution in [2.24, 2.45) is 11.3 Å². The summed E-state index contributed by atoms with van der Waals surface area (Å²) in [6.07, 6.45) is -0.587. The number of amides is 1. The molecule has 40 heavy (non-hydrogen) atoms. The number of imidazole rings is 1. The maximum absolute atomic E-state index is 13.7. The zero-order chi connectivity index (χ0) is 28.2. The molecule has 2 heterocycles. The molecule has 6 rings (SSSR count). The lowest BCUT2D eigenvalue weighted by molar-refractivity contribution is -0.132. The van der Waals surface area contributed by atoms with Gasteiger partial charge in [0, 0.05) is 30.1 Å². The van der Waals surface area contributed by atoms with Gasteiger partial charge < -0.3 is 25.4 Å². The first-order valence-corrected chi connectivity index (χ1v) is 12.9. The van der Waals surface area contributed by atoms with E-state index in [1.165, 1.54) is 19.4 Å². The molecule has 12 heteroatoms. The van der Waals surface area contributed by atoms with E-state index in [0.717, 1.165) is 17.7 Å². The van der Waals surface area contributed by atoms with E-state index < -0.39 is 35.3 Å². The first-order valence-electron chi connectivity index (χ1n) is 12.5. The van der Waals surface area contributed by atoms with E-state index in [-0.39, 0.29) is 23.2 Å². The van der Waals surface area contributed by atoms with Crippen molar-refractivity contribution in [1.82, 2.24) is 24.8 Å². The highest BCUT2D eigenvalue weighted by Crippen LogP contribution is 2.67. The number of rotatable bonds is 5. The Morgan fingerprint density at radius 3 is 2.75 bits per heavy atom. The number of carbonyl (C=O) groups excluding carboxylic acids is 1. The van der Waals surface area contributed by atoms with Gasteiger partial charge in [-0.05, 0) is 48.2 Å². The van der Waals surface area contributed by atoms with Crippen LogP contribution < -0.4 is 10.6 Å². The van der Waals surface area contributed by atoms with E-state index in [0.29, 0.717) is 35.0 Å². The molecule has 0 radical (unpaired) electrons. The zero-order valence-corrected chi connectivity index (χ0v) is 21.8. The van der Waals surface area contributed by atoms with Crippen molar-refractivity contribution in [2.45, 2.75) is 31.2 Å². The first-order chi connectivity index (χ1) is 19.2. The lowest BCUT2D eigenvalue weighted by atomic mass is 9.98. The molecule has 9 nitrogen and oxygen atoms in total. The predicted octanol–water partition coefficient (Wildman–Crippen LogP) is 2.80. The smallest absolute Gasteiger partial charge is 0.229 e. The monoisotopic (exact) mass is 564 g/mol. The van der Waals surface area contributed by atoms with Crippen LogP contribution in [0.2, 0.25) is 5.02 Å². The Labute approximate surface area is 232 Å². The van der Waals surface area contributed by atoms with Gasteiger partial charge >= 0.3 is 0 Å². The highest BCUT2D eigenvalue weighted by Gasteiger charge is 2.75. The fourth-order valence-electron chi connectivity index (χ4n) is 5.64. The Balaban J connectivity index is 1.42. The summed E-state index contributed by atoms with van der Waals surface area (Å²) in [5, 5.41) is 28.2. The van der Waals surface area contributed by atoms with Crippen LogP contribution >= 0.6 is 11.6 Å². The minimum absolute atomic E-state index is 0.0639. The molecule has 2 saturated carbocycles. The van der Waals surface area contributed by atoms with E-state index in [1.54, 1.807) is 16.7 Å². The van der Waals surface area contributed by atoms with Gasteiger partial charge in [-0.15, -0.1) is 0 Å². The summed E-state index contributed by atoms with van der Waals surface area (Å²) in [5.41, 5.74) is 0.753. The number of nitrogens with one attached hydrogen (secondary N) is 2. The second-order valence-corrected chi connectivity index (χ2v) is 10.4. The van der Waals surface area contributed by atoms with E-state index >= 15 is 0 Å². The number of hydrogen-bond donors (Lipinski definition) is 4. The van der Waals surface area contributed by atoms with Crippen LogP contribution in [0.1, 0.15) is 29.4 Å². The number of aromatic nitrogens is 4. The molecule has 2 aromatic heterocycles. The molecule has 0 saturated heterocycles. The molecule has 4 aromatic rings. The van der Waals surface area contributed by atoms with E-state index in [9.17, 15) is 23.8 Å². The topological polar surface area (TPSA) is 125 Å². The summed E-state index contributed by atoms with van der Waals surface area (Å²) in [7, 11) is 1.49. The molecule has 204 valence electrons. The maximum Gasteiger partial charge on any atom is 0.229 e. The Bertz CT molecular complexity index is 1720. The average Bonchev–Trinajstić information content (AvgIpc) is 3.48. The Hall–Kier alpha value is -4.11. The Morgan fingerprint density at radius 1 is 1.18 bits per heavy atom. The molecule has 0 unspecified atom stereocenters. The molecule has 0 spiro atoms. The molecule has 2 aliphatic rings. The van der Waals surface area contributed by atoms with Crippen molar-refractivity contribution in [3.8, 4) is 11.8 Å². The number of carbonyl (C=O) groups is 1. The van der Waals surface area contributed by atoms with Crippen LogP contribution in [0.15, 0.2) is 48.8 Å².